The normalized spacial score (nSPS) is 10.1. The van der Waals surface area contributed by atoms with Crippen LogP contribution in [0.15, 0.2) is 48.5 Å². The smallest absolute Gasteiger partial charge is 0.224 e. The molecule has 0 aliphatic rings. The molecule has 0 bridgehead atoms. The van der Waals surface area contributed by atoms with Crippen molar-refractivity contribution < 1.29 is 15.0 Å². The third-order valence-electron chi connectivity index (χ3n) is 2.74. The van der Waals surface area contributed by atoms with Crippen LogP contribution in [0.25, 0.3) is 0 Å². The number of aromatic hydroxyl groups is 2. The summed E-state index contributed by atoms with van der Waals surface area (Å²) in [6, 6.07) is 13.5. The first-order chi connectivity index (χ1) is 9.15. The van der Waals surface area contributed by atoms with E-state index in [2.05, 4.69) is 5.32 Å². The van der Waals surface area contributed by atoms with Gasteiger partial charge in [0.15, 0.2) is 0 Å². The number of benzene rings is 2. The number of amides is 1. The molecule has 2 rings (SSSR count). The SMILES string of the molecule is O=C(Cc1cccc(O)c1)NCc1ccccc1O. The fraction of sp³-hybridized carbons (Fsp3) is 0.133. The van der Waals surface area contributed by atoms with E-state index in [1.807, 2.05) is 0 Å². The van der Waals surface area contributed by atoms with Gasteiger partial charge in [-0.3, -0.25) is 4.79 Å². The Morgan fingerprint density at radius 2 is 1.84 bits per heavy atom. The molecule has 0 aliphatic carbocycles. The molecule has 0 aromatic heterocycles. The molecule has 4 heteroatoms. The lowest BCUT2D eigenvalue weighted by Crippen LogP contribution is -2.24. The quantitative estimate of drug-likeness (QED) is 0.784. The number of hydrogen-bond acceptors (Lipinski definition) is 3. The van der Waals surface area contributed by atoms with Crippen LogP contribution in [-0.4, -0.2) is 16.1 Å². The molecule has 0 atom stereocenters. The van der Waals surface area contributed by atoms with Crippen molar-refractivity contribution in [2.45, 2.75) is 13.0 Å². The zero-order chi connectivity index (χ0) is 13.7. The summed E-state index contributed by atoms with van der Waals surface area (Å²) in [5.74, 6) is 0.153. The first kappa shape index (κ1) is 13.0. The van der Waals surface area contributed by atoms with Crippen molar-refractivity contribution in [2.75, 3.05) is 0 Å². The van der Waals surface area contributed by atoms with Crippen LogP contribution in [0.2, 0.25) is 0 Å². The van der Waals surface area contributed by atoms with Gasteiger partial charge in [-0.2, -0.15) is 0 Å². The summed E-state index contributed by atoms with van der Waals surface area (Å²) in [5.41, 5.74) is 1.42. The number of phenolic OH excluding ortho intramolecular Hbond substituents is 2. The van der Waals surface area contributed by atoms with Gasteiger partial charge < -0.3 is 15.5 Å². The number of rotatable bonds is 4. The number of carbonyl (C=O) groups excluding carboxylic acids is 1. The molecule has 98 valence electrons. The van der Waals surface area contributed by atoms with Gasteiger partial charge in [-0.25, -0.2) is 0 Å². The van der Waals surface area contributed by atoms with Crippen molar-refractivity contribution in [2.24, 2.45) is 0 Å². The molecule has 0 unspecified atom stereocenters. The molecule has 0 fully saturated rings. The molecule has 0 aliphatic heterocycles. The summed E-state index contributed by atoms with van der Waals surface area (Å²) in [7, 11) is 0. The molecule has 0 radical (unpaired) electrons. The highest BCUT2D eigenvalue weighted by Crippen LogP contribution is 2.15. The summed E-state index contributed by atoms with van der Waals surface area (Å²) in [4.78, 5) is 11.7. The van der Waals surface area contributed by atoms with E-state index in [9.17, 15) is 15.0 Å². The Kier molecular flexibility index (Phi) is 4.03. The highest BCUT2D eigenvalue weighted by atomic mass is 16.3. The van der Waals surface area contributed by atoms with Crippen molar-refractivity contribution in [3.63, 3.8) is 0 Å². The Bertz CT molecular complexity index is 581. The number of hydrogen-bond donors (Lipinski definition) is 3. The summed E-state index contributed by atoms with van der Waals surface area (Å²) in [6.45, 7) is 0.282. The van der Waals surface area contributed by atoms with Crippen LogP contribution in [-0.2, 0) is 17.8 Å². The van der Waals surface area contributed by atoms with Crippen molar-refractivity contribution in [1.82, 2.24) is 5.32 Å². The molecule has 0 saturated heterocycles. The Morgan fingerprint density at radius 1 is 1.05 bits per heavy atom. The second kappa shape index (κ2) is 5.91. The third kappa shape index (κ3) is 3.74. The molecule has 0 spiro atoms. The minimum Gasteiger partial charge on any atom is -0.508 e. The van der Waals surface area contributed by atoms with E-state index >= 15 is 0 Å². The third-order valence-corrected chi connectivity index (χ3v) is 2.74. The molecular formula is C15H15NO3. The van der Waals surface area contributed by atoms with Crippen LogP contribution in [0.4, 0.5) is 0 Å². The van der Waals surface area contributed by atoms with Crippen molar-refractivity contribution in [3.8, 4) is 11.5 Å². The maximum Gasteiger partial charge on any atom is 0.224 e. The molecule has 2 aromatic carbocycles. The summed E-state index contributed by atoms with van der Waals surface area (Å²) >= 11 is 0. The van der Waals surface area contributed by atoms with Crippen LogP contribution in [0.3, 0.4) is 0 Å². The highest BCUT2D eigenvalue weighted by molar-refractivity contribution is 5.78. The molecule has 1 amide bonds. The van der Waals surface area contributed by atoms with Crippen LogP contribution in [0.5, 0.6) is 11.5 Å². The van der Waals surface area contributed by atoms with E-state index in [0.717, 1.165) is 5.56 Å². The molecule has 19 heavy (non-hydrogen) atoms. The zero-order valence-electron chi connectivity index (χ0n) is 10.3. The van der Waals surface area contributed by atoms with E-state index in [0.29, 0.717) is 5.56 Å². The summed E-state index contributed by atoms with van der Waals surface area (Å²) in [5, 5.41) is 21.6. The van der Waals surface area contributed by atoms with Crippen LogP contribution >= 0.6 is 0 Å². The minimum absolute atomic E-state index is 0.144. The summed E-state index contributed by atoms with van der Waals surface area (Å²) < 4.78 is 0. The average Bonchev–Trinajstić information content (AvgIpc) is 2.38. The number of carbonyl (C=O) groups is 1. The van der Waals surface area contributed by atoms with E-state index in [1.165, 1.54) is 0 Å². The largest absolute Gasteiger partial charge is 0.508 e. The molecular weight excluding hydrogens is 242 g/mol. The Labute approximate surface area is 111 Å². The van der Waals surface area contributed by atoms with Gasteiger partial charge in [0, 0.05) is 12.1 Å². The van der Waals surface area contributed by atoms with Gasteiger partial charge in [0.1, 0.15) is 11.5 Å². The lowest BCUT2D eigenvalue weighted by atomic mass is 10.1. The maximum absolute atomic E-state index is 11.7. The molecule has 2 aromatic rings. The second-order valence-corrected chi connectivity index (χ2v) is 4.25. The van der Waals surface area contributed by atoms with Gasteiger partial charge in [0.05, 0.1) is 6.42 Å². The van der Waals surface area contributed by atoms with E-state index in [-0.39, 0.29) is 30.4 Å². The predicted molar refractivity (Wildman–Crippen MR) is 71.8 cm³/mol. The van der Waals surface area contributed by atoms with Crippen molar-refractivity contribution in [3.05, 3.63) is 59.7 Å². The summed E-state index contributed by atoms with van der Waals surface area (Å²) in [6.07, 6.45) is 0.196. The monoisotopic (exact) mass is 257 g/mol. The first-order valence-corrected chi connectivity index (χ1v) is 5.96. The molecule has 3 N–H and O–H groups in total. The zero-order valence-corrected chi connectivity index (χ0v) is 10.3. The van der Waals surface area contributed by atoms with E-state index < -0.39 is 0 Å². The van der Waals surface area contributed by atoms with Crippen LogP contribution < -0.4 is 5.32 Å². The Balaban J connectivity index is 1.90. The van der Waals surface area contributed by atoms with Crippen LogP contribution in [0, 0.1) is 0 Å². The predicted octanol–water partition coefficient (Wildman–Crippen LogP) is 1.96. The Hall–Kier alpha value is -2.49. The molecule has 4 nitrogen and oxygen atoms in total. The standard InChI is InChI=1S/C15H15NO3/c17-13-6-3-4-11(8-13)9-15(19)16-10-12-5-1-2-7-14(12)18/h1-8,17-18H,9-10H2,(H,16,19). The second-order valence-electron chi connectivity index (χ2n) is 4.25. The van der Waals surface area contributed by atoms with Crippen molar-refractivity contribution >= 4 is 5.91 Å². The molecule has 0 saturated carbocycles. The van der Waals surface area contributed by atoms with E-state index in [1.54, 1.807) is 48.5 Å². The van der Waals surface area contributed by atoms with Gasteiger partial charge in [0.25, 0.3) is 0 Å². The lowest BCUT2D eigenvalue weighted by Gasteiger charge is -2.07. The Morgan fingerprint density at radius 3 is 2.58 bits per heavy atom. The highest BCUT2D eigenvalue weighted by Gasteiger charge is 2.05. The molecule has 0 heterocycles. The fourth-order valence-electron chi connectivity index (χ4n) is 1.77. The van der Waals surface area contributed by atoms with E-state index in [4.69, 9.17) is 0 Å². The van der Waals surface area contributed by atoms with Gasteiger partial charge in [-0.15, -0.1) is 0 Å². The van der Waals surface area contributed by atoms with Gasteiger partial charge in [-0.05, 0) is 23.8 Å². The van der Waals surface area contributed by atoms with Gasteiger partial charge in [0.2, 0.25) is 5.91 Å². The average molecular weight is 257 g/mol. The van der Waals surface area contributed by atoms with Gasteiger partial charge >= 0.3 is 0 Å². The fourth-order valence-corrected chi connectivity index (χ4v) is 1.77. The maximum atomic E-state index is 11.7. The first-order valence-electron chi connectivity index (χ1n) is 5.96. The van der Waals surface area contributed by atoms with Crippen molar-refractivity contribution in [1.29, 1.82) is 0 Å². The number of nitrogens with one attached hydrogen (secondary N) is 1. The minimum atomic E-state index is -0.158. The topological polar surface area (TPSA) is 69.6 Å². The number of para-hydroxylation sites is 1. The van der Waals surface area contributed by atoms with Gasteiger partial charge in [-0.1, -0.05) is 30.3 Å². The van der Waals surface area contributed by atoms with Crippen LogP contribution in [0.1, 0.15) is 11.1 Å². The lowest BCUT2D eigenvalue weighted by molar-refractivity contribution is -0.120. The number of phenols is 2.